The lowest BCUT2D eigenvalue weighted by Gasteiger charge is -2.11. The SMILES string of the molecule is CCOC(=O)c1cc2cc(OC)c(OC)cc2c2cc(OC)c(OC)cc2c1=O. The van der Waals surface area contributed by atoms with Crippen molar-refractivity contribution in [2.24, 2.45) is 0 Å². The molecule has 3 rings (SSSR count). The first-order chi connectivity index (χ1) is 14.0. The Bertz CT molecular complexity index is 1150. The van der Waals surface area contributed by atoms with Gasteiger partial charge in [-0.25, -0.2) is 4.79 Å². The smallest absolute Gasteiger partial charge is 0.342 e. The summed E-state index contributed by atoms with van der Waals surface area (Å²) in [7, 11) is 6.04. The van der Waals surface area contributed by atoms with E-state index in [1.165, 1.54) is 34.5 Å². The third-order valence-electron chi connectivity index (χ3n) is 4.65. The number of carbonyl (C=O) groups is 1. The third-order valence-corrected chi connectivity index (χ3v) is 4.65. The number of methoxy groups -OCH3 is 4. The van der Waals surface area contributed by atoms with Gasteiger partial charge in [-0.1, -0.05) is 0 Å². The zero-order valence-electron chi connectivity index (χ0n) is 17.0. The minimum Gasteiger partial charge on any atom is -0.493 e. The van der Waals surface area contributed by atoms with Crippen molar-refractivity contribution in [3.8, 4) is 23.0 Å². The fraction of sp³-hybridized carbons (Fsp3) is 0.273. The van der Waals surface area contributed by atoms with E-state index >= 15 is 0 Å². The standard InChI is InChI=1S/C22H22O7/c1-6-29-22(24)16-7-12-8-17(25-2)18(26-3)9-13(12)14-10-19(27-4)20(28-5)11-15(14)21(16)23/h7-11H,6H2,1-5H3. The summed E-state index contributed by atoms with van der Waals surface area (Å²) in [6.07, 6.45) is 0. The molecule has 0 N–H and O–H groups in total. The van der Waals surface area contributed by atoms with Gasteiger partial charge in [-0.05, 0) is 53.4 Å². The van der Waals surface area contributed by atoms with Crippen LogP contribution in [0.3, 0.4) is 0 Å². The molecule has 0 saturated heterocycles. The summed E-state index contributed by atoms with van der Waals surface area (Å²) in [5, 5.41) is 2.18. The molecule has 0 aromatic heterocycles. The Morgan fingerprint density at radius 1 is 0.724 bits per heavy atom. The predicted octanol–water partition coefficient (Wildman–Crippen LogP) is 3.56. The van der Waals surface area contributed by atoms with Crippen molar-refractivity contribution in [1.29, 1.82) is 0 Å². The third kappa shape index (κ3) is 3.51. The van der Waals surface area contributed by atoms with Crippen LogP contribution in [-0.4, -0.2) is 41.0 Å². The second-order valence-electron chi connectivity index (χ2n) is 6.15. The van der Waals surface area contributed by atoms with Gasteiger partial charge in [0.05, 0.1) is 35.0 Å². The Morgan fingerprint density at radius 2 is 1.21 bits per heavy atom. The number of ether oxygens (including phenoxy) is 5. The molecular weight excluding hydrogens is 376 g/mol. The number of carbonyl (C=O) groups excluding carboxylic acids is 1. The minimum absolute atomic E-state index is 0.0775. The summed E-state index contributed by atoms with van der Waals surface area (Å²) in [5.41, 5.74) is -0.542. The monoisotopic (exact) mass is 398 g/mol. The highest BCUT2D eigenvalue weighted by Crippen LogP contribution is 2.38. The normalized spacial score (nSPS) is 10.7. The van der Waals surface area contributed by atoms with Crippen molar-refractivity contribution in [2.45, 2.75) is 6.92 Å². The van der Waals surface area contributed by atoms with Crippen LogP contribution >= 0.6 is 0 Å². The van der Waals surface area contributed by atoms with E-state index in [2.05, 4.69) is 0 Å². The summed E-state index contributed by atoms with van der Waals surface area (Å²) < 4.78 is 26.7. The number of hydrogen-bond donors (Lipinski definition) is 0. The molecule has 0 spiro atoms. The van der Waals surface area contributed by atoms with Crippen LogP contribution in [0.25, 0.3) is 21.5 Å². The van der Waals surface area contributed by atoms with Gasteiger partial charge in [0.25, 0.3) is 0 Å². The van der Waals surface area contributed by atoms with Crippen LogP contribution in [0.5, 0.6) is 23.0 Å². The zero-order chi connectivity index (χ0) is 21.1. The lowest BCUT2D eigenvalue weighted by molar-refractivity contribution is 0.0525. The molecule has 0 aliphatic heterocycles. The molecule has 0 amide bonds. The Morgan fingerprint density at radius 3 is 1.72 bits per heavy atom. The van der Waals surface area contributed by atoms with Crippen LogP contribution in [0.4, 0.5) is 0 Å². The first kappa shape index (κ1) is 20.3. The fourth-order valence-corrected chi connectivity index (χ4v) is 3.26. The Balaban J connectivity index is 2.59. The van der Waals surface area contributed by atoms with E-state index in [0.29, 0.717) is 44.5 Å². The summed E-state index contributed by atoms with van der Waals surface area (Å²) in [5.74, 6) is 1.11. The van der Waals surface area contributed by atoms with Gasteiger partial charge in [0.15, 0.2) is 23.0 Å². The zero-order valence-corrected chi connectivity index (χ0v) is 17.0. The van der Waals surface area contributed by atoms with Gasteiger partial charge in [0, 0.05) is 5.39 Å². The highest BCUT2D eigenvalue weighted by molar-refractivity contribution is 6.10. The first-order valence-electron chi connectivity index (χ1n) is 8.94. The predicted molar refractivity (Wildman–Crippen MR) is 110 cm³/mol. The van der Waals surface area contributed by atoms with Crippen molar-refractivity contribution in [3.05, 3.63) is 46.1 Å². The van der Waals surface area contributed by atoms with E-state index in [9.17, 15) is 9.59 Å². The van der Waals surface area contributed by atoms with Gasteiger partial charge in [0.2, 0.25) is 5.43 Å². The summed E-state index contributed by atoms with van der Waals surface area (Å²) in [6, 6.07) is 8.26. The van der Waals surface area contributed by atoms with Crippen LogP contribution in [0, 0.1) is 0 Å². The van der Waals surface area contributed by atoms with Crippen LogP contribution < -0.4 is 24.4 Å². The molecule has 0 heterocycles. The molecule has 0 aliphatic carbocycles. The van der Waals surface area contributed by atoms with Crippen LogP contribution in [0.1, 0.15) is 17.3 Å². The van der Waals surface area contributed by atoms with Gasteiger partial charge in [0.1, 0.15) is 5.56 Å². The van der Waals surface area contributed by atoms with Gasteiger partial charge in [-0.15, -0.1) is 0 Å². The quantitative estimate of drug-likeness (QED) is 0.587. The fourth-order valence-electron chi connectivity index (χ4n) is 3.26. The average molecular weight is 398 g/mol. The van der Waals surface area contributed by atoms with Crippen molar-refractivity contribution >= 4 is 27.5 Å². The highest BCUT2D eigenvalue weighted by Gasteiger charge is 2.19. The maximum absolute atomic E-state index is 13.3. The lowest BCUT2D eigenvalue weighted by Crippen LogP contribution is -2.15. The molecular formula is C22H22O7. The van der Waals surface area contributed by atoms with Crippen LogP contribution in [0.15, 0.2) is 35.1 Å². The van der Waals surface area contributed by atoms with E-state index in [0.717, 1.165) is 0 Å². The summed E-state index contributed by atoms with van der Waals surface area (Å²) >= 11 is 0. The summed E-state index contributed by atoms with van der Waals surface area (Å²) in [6.45, 7) is 1.84. The van der Waals surface area contributed by atoms with Crippen LogP contribution in [0.2, 0.25) is 0 Å². The minimum atomic E-state index is -0.694. The molecule has 0 saturated carbocycles. The van der Waals surface area contributed by atoms with E-state index in [1.807, 2.05) is 0 Å². The Hall–Kier alpha value is -3.48. The molecule has 152 valence electrons. The van der Waals surface area contributed by atoms with E-state index < -0.39 is 11.4 Å². The largest absolute Gasteiger partial charge is 0.493 e. The lowest BCUT2D eigenvalue weighted by atomic mass is 10.1. The van der Waals surface area contributed by atoms with Gasteiger partial charge < -0.3 is 23.7 Å². The number of hydrogen-bond acceptors (Lipinski definition) is 7. The molecule has 7 nitrogen and oxygen atoms in total. The van der Waals surface area contributed by atoms with Crippen molar-refractivity contribution in [3.63, 3.8) is 0 Å². The van der Waals surface area contributed by atoms with Crippen molar-refractivity contribution < 1.29 is 28.5 Å². The molecule has 0 atom stereocenters. The van der Waals surface area contributed by atoms with E-state index in [-0.39, 0.29) is 12.2 Å². The second-order valence-corrected chi connectivity index (χ2v) is 6.15. The van der Waals surface area contributed by atoms with E-state index in [4.69, 9.17) is 23.7 Å². The van der Waals surface area contributed by atoms with Gasteiger partial charge in [-0.3, -0.25) is 4.79 Å². The number of rotatable bonds is 6. The number of esters is 1. The molecule has 3 aromatic rings. The van der Waals surface area contributed by atoms with E-state index in [1.54, 1.807) is 31.2 Å². The molecule has 3 aromatic carbocycles. The van der Waals surface area contributed by atoms with Gasteiger partial charge >= 0.3 is 5.97 Å². The second kappa shape index (κ2) is 8.26. The molecule has 0 fully saturated rings. The van der Waals surface area contributed by atoms with Gasteiger partial charge in [-0.2, -0.15) is 0 Å². The Labute approximate surface area is 167 Å². The maximum atomic E-state index is 13.3. The van der Waals surface area contributed by atoms with Crippen molar-refractivity contribution in [2.75, 3.05) is 35.0 Å². The molecule has 0 unspecified atom stereocenters. The first-order valence-corrected chi connectivity index (χ1v) is 8.94. The molecule has 0 bridgehead atoms. The molecule has 29 heavy (non-hydrogen) atoms. The number of fused-ring (bicyclic) bond motifs is 3. The van der Waals surface area contributed by atoms with Crippen molar-refractivity contribution in [1.82, 2.24) is 0 Å². The summed E-state index contributed by atoms with van der Waals surface area (Å²) in [4.78, 5) is 25.8. The highest BCUT2D eigenvalue weighted by atomic mass is 16.5. The molecule has 7 heteroatoms. The Kier molecular flexibility index (Phi) is 5.77. The van der Waals surface area contributed by atoms with Crippen LogP contribution in [-0.2, 0) is 4.74 Å². The number of benzene rings is 2. The molecule has 0 aliphatic rings. The maximum Gasteiger partial charge on any atom is 0.342 e. The molecule has 0 radical (unpaired) electrons. The topological polar surface area (TPSA) is 80.3 Å². The average Bonchev–Trinajstić information content (AvgIpc) is 2.86.